The lowest BCUT2D eigenvalue weighted by atomic mass is 10.1. The first-order valence-electron chi connectivity index (χ1n) is 9.35. The Morgan fingerprint density at radius 2 is 1.70 bits per heavy atom. The van der Waals surface area contributed by atoms with Crippen LogP contribution in [0.3, 0.4) is 0 Å². The van der Waals surface area contributed by atoms with E-state index in [0.717, 1.165) is 24.1 Å². The number of nitrogens with zero attached hydrogens (tertiary/aromatic N) is 2. The highest BCUT2D eigenvalue weighted by Crippen LogP contribution is 2.24. The maximum absolute atomic E-state index is 12.8. The van der Waals surface area contributed by atoms with Crippen molar-refractivity contribution in [2.24, 2.45) is 0 Å². The van der Waals surface area contributed by atoms with Crippen molar-refractivity contribution >= 4 is 23.4 Å². The number of imide groups is 1. The predicted octanol–water partition coefficient (Wildman–Crippen LogP) is 3.81. The monoisotopic (exact) mass is 364 g/mol. The average Bonchev–Trinajstić information content (AvgIpc) is 2.91. The molecule has 1 aliphatic rings. The molecule has 0 aliphatic carbocycles. The number of anilines is 1. The normalized spacial score (nSPS) is 13.0. The van der Waals surface area contributed by atoms with E-state index in [1.54, 1.807) is 17.0 Å². The molecule has 3 amide bonds. The third kappa shape index (κ3) is 3.92. The second kappa shape index (κ2) is 8.16. The number of para-hydroxylation sites is 1. The molecular weight excluding hydrogens is 340 g/mol. The fraction of sp³-hybridized carbons (Fsp3) is 0.318. The van der Waals surface area contributed by atoms with E-state index in [1.807, 2.05) is 43.3 Å². The van der Waals surface area contributed by atoms with Gasteiger partial charge in [-0.2, -0.15) is 0 Å². The van der Waals surface area contributed by atoms with Crippen molar-refractivity contribution in [1.29, 1.82) is 0 Å². The van der Waals surface area contributed by atoms with E-state index in [1.165, 1.54) is 4.90 Å². The molecule has 140 valence electrons. The van der Waals surface area contributed by atoms with Crippen molar-refractivity contribution in [1.82, 2.24) is 4.90 Å². The molecule has 5 nitrogen and oxygen atoms in total. The van der Waals surface area contributed by atoms with Gasteiger partial charge < -0.3 is 4.90 Å². The Bertz CT molecular complexity index is 861. The molecule has 3 rings (SSSR count). The minimum Gasteiger partial charge on any atom is -0.312 e. The van der Waals surface area contributed by atoms with Gasteiger partial charge in [0.2, 0.25) is 5.91 Å². The van der Waals surface area contributed by atoms with Gasteiger partial charge in [0.25, 0.3) is 11.8 Å². The third-order valence-corrected chi connectivity index (χ3v) is 4.78. The summed E-state index contributed by atoms with van der Waals surface area (Å²) in [5, 5.41) is 0. The maximum Gasteiger partial charge on any atom is 0.261 e. The molecule has 0 bridgehead atoms. The summed E-state index contributed by atoms with van der Waals surface area (Å²) in [6.07, 6.45) is 1.99. The number of rotatable bonds is 7. The molecule has 0 radical (unpaired) electrons. The SMILES string of the molecule is CCCCN(C(=O)CCN1C(=O)c2ccc(C)cc2C1=O)c1ccccc1. The molecule has 27 heavy (non-hydrogen) atoms. The predicted molar refractivity (Wildman–Crippen MR) is 105 cm³/mol. The van der Waals surface area contributed by atoms with Crippen LogP contribution < -0.4 is 4.90 Å². The van der Waals surface area contributed by atoms with Gasteiger partial charge in [-0.1, -0.05) is 43.2 Å². The lowest BCUT2D eigenvalue weighted by Gasteiger charge is -2.24. The van der Waals surface area contributed by atoms with Gasteiger partial charge in [-0.05, 0) is 37.6 Å². The molecule has 5 heteroatoms. The van der Waals surface area contributed by atoms with E-state index in [-0.39, 0.29) is 30.7 Å². The first kappa shape index (κ1) is 18.8. The second-order valence-electron chi connectivity index (χ2n) is 6.80. The summed E-state index contributed by atoms with van der Waals surface area (Å²) in [6.45, 7) is 4.68. The third-order valence-electron chi connectivity index (χ3n) is 4.78. The number of carbonyl (C=O) groups excluding carboxylic acids is 3. The molecule has 0 saturated carbocycles. The smallest absolute Gasteiger partial charge is 0.261 e. The number of aryl methyl sites for hydroxylation is 1. The zero-order valence-corrected chi connectivity index (χ0v) is 15.8. The first-order chi connectivity index (χ1) is 13.0. The van der Waals surface area contributed by atoms with E-state index < -0.39 is 0 Å². The molecule has 2 aromatic rings. The standard InChI is InChI=1S/C22H24N2O3/c1-3-4-13-23(17-8-6-5-7-9-17)20(25)12-14-24-21(26)18-11-10-16(2)15-19(18)22(24)27/h5-11,15H,3-4,12-14H2,1-2H3. The number of unbranched alkanes of at least 4 members (excludes halogenated alkanes) is 1. The van der Waals surface area contributed by atoms with E-state index in [2.05, 4.69) is 6.92 Å². The molecule has 0 N–H and O–H groups in total. The summed E-state index contributed by atoms with van der Waals surface area (Å²) >= 11 is 0. The van der Waals surface area contributed by atoms with Gasteiger partial charge in [-0.3, -0.25) is 19.3 Å². The zero-order chi connectivity index (χ0) is 19.4. The molecule has 1 heterocycles. The van der Waals surface area contributed by atoms with Gasteiger partial charge in [0.05, 0.1) is 11.1 Å². The van der Waals surface area contributed by atoms with Crippen LogP contribution in [-0.4, -0.2) is 35.7 Å². The molecule has 0 saturated heterocycles. The zero-order valence-electron chi connectivity index (χ0n) is 15.8. The van der Waals surface area contributed by atoms with Crippen molar-refractivity contribution in [3.8, 4) is 0 Å². The van der Waals surface area contributed by atoms with Crippen LogP contribution in [0.5, 0.6) is 0 Å². The molecular formula is C22H24N2O3. The van der Waals surface area contributed by atoms with Crippen LogP contribution in [0, 0.1) is 6.92 Å². The van der Waals surface area contributed by atoms with Crippen LogP contribution in [0.15, 0.2) is 48.5 Å². The van der Waals surface area contributed by atoms with Crippen molar-refractivity contribution < 1.29 is 14.4 Å². The van der Waals surface area contributed by atoms with Crippen molar-refractivity contribution in [3.05, 3.63) is 65.2 Å². The molecule has 1 aliphatic heterocycles. The van der Waals surface area contributed by atoms with E-state index in [0.29, 0.717) is 17.7 Å². The number of carbonyl (C=O) groups is 3. The lowest BCUT2D eigenvalue weighted by molar-refractivity contribution is -0.118. The van der Waals surface area contributed by atoms with Gasteiger partial charge in [0.1, 0.15) is 0 Å². The summed E-state index contributed by atoms with van der Waals surface area (Å²) in [5.74, 6) is -0.712. The molecule has 0 spiro atoms. The number of benzene rings is 2. The van der Waals surface area contributed by atoms with Crippen LogP contribution >= 0.6 is 0 Å². The van der Waals surface area contributed by atoms with Gasteiger partial charge in [0, 0.05) is 25.2 Å². The van der Waals surface area contributed by atoms with Crippen LogP contribution in [0.25, 0.3) is 0 Å². The summed E-state index contributed by atoms with van der Waals surface area (Å²) in [4.78, 5) is 40.8. The summed E-state index contributed by atoms with van der Waals surface area (Å²) in [6, 6.07) is 14.7. The fourth-order valence-corrected chi connectivity index (χ4v) is 3.27. The maximum atomic E-state index is 12.8. The molecule has 0 aromatic heterocycles. The minimum absolute atomic E-state index is 0.0811. The van der Waals surface area contributed by atoms with Crippen molar-refractivity contribution in [2.45, 2.75) is 33.1 Å². The van der Waals surface area contributed by atoms with E-state index >= 15 is 0 Å². The number of hydrogen-bond donors (Lipinski definition) is 0. The Hall–Kier alpha value is -2.95. The Kier molecular flexibility index (Phi) is 5.69. The molecule has 0 fully saturated rings. The van der Waals surface area contributed by atoms with E-state index in [4.69, 9.17) is 0 Å². The summed E-state index contributed by atoms with van der Waals surface area (Å²) < 4.78 is 0. The van der Waals surface area contributed by atoms with Crippen LogP contribution in [-0.2, 0) is 4.79 Å². The van der Waals surface area contributed by atoms with Gasteiger partial charge in [0.15, 0.2) is 0 Å². The van der Waals surface area contributed by atoms with E-state index in [9.17, 15) is 14.4 Å². The Morgan fingerprint density at radius 1 is 1.00 bits per heavy atom. The Labute approximate surface area is 159 Å². The van der Waals surface area contributed by atoms with Crippen molar-refractivity contribution in [3.63, 3.8) is 0 Å². The van der Waals surface area contributed by atoms with Crippen LogP contribution in [0.1, 0.15) is 52.5 Å². The lowest BCUT2D eigenvalue weighted by Crippen LogP contribution is -2.37. The number of amides is 3. The van der Waals surface area contributed by atoms with Crippen molar-refractivity contribution in [2.75, 3.05) is 18.0 Å². The summed E-state index contributed by atoms with van der Waals surface area (Å²) in [5.41, 5.74) is 2.62. The molecule has 0 unspecified atom stereocenters. The highest BCUT2D eigenvalue weighted by Gasteiger charge is 2.35. The highest BCUT2D eigenvalue weighted by molar-refractivity contribution is 6.21. The van der Waals surface area contributed by atoms with Gasteiger partial charge in [-0.15, -0.1) is 0 Å². The van der Waals surface area contributed by atoms with Gasteiger partial charge >= 0.3 is 0 Å². The largest absolute Gasteiger partial charge is 0.312 e. The topological polar surface area (TPSA) is 57.7 Å². The minimum atomic E-state index is -0.317. The first-order valence-corrected chi connectivity index (χ1v) is 9.35. The van der Waals surface area contributed by atoms with Crippen LogP contribution in [0.4, 0.5) is 5.69 Å². The van der Waals surface area contributed by atoms with Crippen LogP contribution in [0.2, 0.25) is 0 Å². The number of hydrogen-bond acceptors (Lipinski definition) is 3. The fourth-order valence-electron chi connectivity index (χ4n) is 3.27. The molecule has 0 atom stereocenters. The number of fused-ring (bicyclic) bond motifs is 1. The Morgan fingerprint density at radius 3 is 2.41 bits per heavy atom. The quantitative estimate of drug-likeness (QED) is 0.702. The highest BCUT2D eigenvalue weighted by atomic mass is 16.2. The Balaban J connectivity index is 1.70. The average molecular weight is 364 g/mol. The van der Waals surface area contributed by atoms with Gasteiger partial charge in [-0.25, -0.2) is 0 Å². The molecule has 2 aromatic carbocycles. The summed E-state index contributed by atoms with van der Waals surface area (Å²) in [7, 11) is 0. The second-order valence-corrected chi connectivity index (χ2v) is 6.80.